The lowest BCUT2D eigenvalue weighted by atomic mass is 10.1. The molecule has 144 valence electrons. The Bertz CT molecular complexity index is 727. The van der Waals surface area contributed by atoms with E-state index in [0.717, 1.165) is 31.6 Å². The van der Waals surface area contributed by atoms with Gasteiger partial charge in [-0.1, -0.05) is 0 Å². The van der Waals surface area contributed by atoms with Gasteiger partial charge in [0, 0.05) is 32.8 Å². The second kappa shape index (κ2) is 7.89. The first-order valence-electron chi connectivity index (χ1n) is 8.81. The molecule has 2 aliphatic rings. The van der Waals surface area contributed by atoms with Gasteiger partial charge in [0.1, 0.15) is 5.82 Å². The Morgan fingerprint density at radius 3 is 2.46 bits per heavy atom. The van der Waals surface area contributed by atoms with E-state index in [4.69, 9.17) is 4.74 Å². The molecule has 1 N–H and O–H groups in total. The van der Waals surface area contributed by atoms with Crippen molar-refractivity contribution in [1.29, 1.82) is 0 Å². The summed E-state index contributed by atoms with van der Waals surface area (Å²) in [5.41, 5.74) is 0. The van der Waals surface area contributed by atoms with Crippen LogP contribution in [0.5, 0.6) is 0 Å². The Labute approximate surface area is 153 Å². The first-order chi connectivity index (χ1) is 12.4. The fourth-order valence-electron chi connectivity index (χ4n) is 3.26. The van der Waals surface area contributed by atoms with E-state index in [2.05, 4.69) is 5.32 Å². The van der Waals surface area contributed by atoms with Crippen molar-refractivity contribution in [2.75, 3.05) is 32.8 Å². The Balaban J connectivity index is 1.54. The van der Waals surface area contributed by atoms with Gasteiger partial charge in [-0.05, 0) is 44.0 Å². The molecule has 2 fully saturated rings. The normalized spacial score (nSPS) is 23.0. The Kier molecular flexibility index (Phi) is 5.79. The zero-order valence-electron chi connectivity index (χ0n) is 14.7. The fourth-order valence-corrected chi connectivity index (χ4v) is 4.69. The zero-order valence-corrected chi connectivity index (χ0v) is 15.5. The number of carbonyl (C=O) groups excluding carboxylic acids is 1. The van der Waals surface area contributed by atoms with Crippen molar-refractivity contribution in [3.63, 3.8) is 0 Å². The molecular formula is C17H24FN3O4S. The third kappa shape index (κ3) is 4.16. The SMILES string of the molecule is C[C@H](NC(=O)N1CCN(S(=O)(=O)c2ccc(F)cc2)CC1)[C@H]1CCCO1. The van der Waals surface area contributed by atoms with Crippen LogP contribution in [0, 0.1) is 5.82 Å². The van der Waals surface area contributed by atoms with E-state index in [1.165, 1.54) is 16.4 Å². The largest absolute Gasteiger partial charge is 0.376 e. The average Bonchev–Trinajstić information content (AvgIpc) is 3.17. The minimum Gasteiger partial charge on any atom is -0.376 e. The Hall–Kier alpha value is -1.71. The molecule has 0 unspecified atom stereocenters. The quantitative estimate of drug-likeness (QED) is 0.850. The van der Waals surface area contributed by atoms with Crippen molar-refractivity contribution in [1.82, 2.24) is 14.5 Å². The van der Waals surface area contributed by atoms with Crippen LogP contribution in [-0.4, -0.2) is 68.6 Å². The molecule has 26 heavy (non-hydrogen) atoms. The molecule has 2 atom stereocenters. The molecule has 2 saturated heterocycles. The number of urea groups is 1. The lowest BCUT2D eigenvalue weighted by Gasteiger charge is -2.35. The average molecular weight is 385 g/mol. The summed E-state index contributed by atoms with van der Waals surface area (Å²) >= 11 is 0. The van der Waals surface area contributed by atoms with Crippen LogP contribution in [0.3, 0.4) is 0 Å². The molecule has 0 saturated carbocycles. The molecule has 1 aromatic rings. The number of benzene rings is 1. The number of sulfonamides is 1. The van der Waals surface area contributed by atoms with Gasteiger partial charge in [0.25, 0.3) is 0 Å². The van der Waals surface area contributed by atoms with Crippen LogP contribution >= 0.6 is 0 Å². The van der Waals surface area contributed by atoms with Crippen molar-refractivity contribution in [2.45, 2.75) is 36.8 Å². The molecule has 1 aromatic carbocycles. The molecule has 0 spiro atoms. The highest BCUT2D eigenvalue weighted by atomic mass is 32.2. The van der Waals surface area contributed by atoms with Gasteiger partial charge in [-0.25, -0.2) is 17.6 Å². The van der Waals surface area contributed by atoms with Crippen molar-refractivity contribution in [3.8, 4) is 0 Å². The van der Waals surface area contributed by atoms with Gasteiger partial charge in [-0.15, -0.1) is 0 Å². The minimum absolute atomic E-state index is 0.0408. The van der Waals surface area contributed by atoms with Crippen LogP contribution in [0.4, 0.5) is 9.18 Å². The summed E-state index contributed by atoms with van der Waals surface area (Å²) in [6.07, 6.45) is 1.98. The molecule has 9 heteroatoms. The molecular weight excluding hydrogens is 361 g/mol. The topological polar surface area (TPSA) is 79.0 Å². The van der Waals surface area contributed by atoms with E-state index in [9.17, 15) is 17.6 Å². The van der Waals surface area contributed by atoms with Gasteiger partial charge in [0.15, 0.2) is 0 Å². The van der Waals surface area contributed by atoms with Crippen LogP contribution in [0.2, 0.25) is 0 Å². The number of carbonyl (C=O) groups is 1. The second-order valence-electron chi connectivity index (χ2n) is 6.63. The summed E-state index contributed by atoms with van der Waals surface area (Å²) in [6.45, 7) is 3.69. The number of nitrogens with zero attached hydrogens (tertiary/aromatic N) is 2. The van der Waals surface area contributed by atoms with Crippen LogP contribution in [0.25, 0.3) is 0 Å². The Morgan fingerprint density at radius 2 is 1.88 bits per heavy atom. The molecule has 0 aliphatic carbocycles. The number of halogens is 1. The van der Waals surface area contributed by atoms with Crippen molar-refractivity contribution >= 4 is 16.1 Å². The van der Waals surface area contributed by atoms with E-state index in [1.54, 1.807) is 4.90 Å². The number of hydrogen-bond acceptors (Lipinski definition) is 4. The summed E-state index contributed by atoms with van der Waals surface area (Å²) in [6, 6.07) is 4.49. The second-order valence-corrected chi connectivity index (χ2v) is 8.57. The summed E-state index contributed by atoms with van der Waals surface area (Å²) in [5, 5.41) is 2.94. The van der Waals surface area contributed by atoms with E-state index in [1.807, 2.05) is 6.92 Å². The number of nitrogens with one attached hydrogen (secondary N) is 1. The van der Waals surface area contributed by atoms with Gasteiger partial charge in [0.2, 0.25) is 10.0 Å². The van der Waals surface area contributed by atoms with Crippen LogP contribution in [0.1, 0.15) is 19.8 Å². The maximum absolute atomic E-state index is 13.0. The van der Waals surface area contributed by atoms with Crippen molar-refractivity contribution in [2.24, 2.45) is 0 Å². The first kappa shape index (κ1) is 19.1. The van der Waals surface area contributed by atoms with E-state index >= 15 is 0 Å². The molecule has 0 bridgehead atoms. The van der Waals surface area contributed by atoms with E-state index in [-0.39, 0.29) is 36.2 Å². The Morgan fingerprint density at radius 1 is 1.23 bits per heavy atom. The van der Waals surface area contributed by atoms with Gasteiger partial charge >= 0.3 is 6.03 Å². The van der Waals surface area contributed by atoms with Gasteiger partial charge < -0.3 is 15.0 Å². The predicted octanol–water partition coefficient (Wildman–Crippen LogP) is 1.41. The monoisotopic (exact) mass is 385 g/mol. The van der Waals surface area contributed by atoms with Crippen molar-refractivity contribution in [3.05, 3.63) is 30.1 Å². The van der Waals surface area contributed by atoms with Gasteiger partial charge in [-0.3, -0.25) is 0 Å². The fraction of sp³-hybridized carbons (Fsp3) is 0.588. The standard InChI is InChI=1S/C17H24FN3O4S/c1-13(16-3-2-12-25-16)19-17(22)20-8-10-21(11-9-20)26(23,24)15-6-4-14(18)5-7-15/h4-7,13,16H,2-3,8-12H2,1H3,(H,19,22)/t13-,16+/m0/s1. The summed E-state index contributed by atoms with van der Waals surface area (Å²) < 4.78 is 45.1. The van der Waals surface area contributed by atoms with Gasteiger partial charge in [0.05, 0.1) is 17.0 Å². The van der Waals surface area contributed by atoms with Crippen LogP contribution in [-0.2, 0) is 14.8 Å². The highest BCUT2D eigenvalue weighted by molar-refractivity contribution is 7.89. The number of ether oxygens (including phenoxy) is 1. The first-order valence-corrected chi connectivity index (χ1v) is 10.2. The number of amides is 2. The van der Waals surface area contributed by atoms with E-state index in [0.29, 0.717) is 13.1 Å². The number of piperazine rings is 1. The van der Waals surface area contributed by atoms with Gasteiger partial charge in [-0.2, -0.15) is 4.31 Å². The maximum atomic E-state index is 13.0. The number of hydrogen-bond donors (Lipinski definition) is 1. The van der Waals surface area contributed by atoms with Crippen molar-refractivity contribution < 1.29 is 22.3 Å². The molecule has 2 amide bonds. The molecule has 7 nitrogen and oxygen atoms in total. The van der Waals surface area contributed by atoms with E-state index < -0.39 is 15.8 Å². The van der Waals surface area contributed by atoms with Crippen LogP contribution in [0.15, 0.2) is 29.2 Å². The third-order valence-corrected chi connectivity index (χ3v) is 6.76. The predicted molar refractivity (Wildman–Crippen MR) is 93.7 cm³/mol. The molecule has 2 aliphatic heterocycles. The molecule has 3 rings (SSSR count). The summed E-state index contributed by atoms with van der Waals surface area (Å²) in [5.74, 6) is -0.481. The summed E-state index contributed by atoms with van der Waals surface area (Å²) in [4.78, 5) is 14.1. The molecule has 2 heterocycles. The zero-order chi connectivity index (χ0) is 18.7. The van der Waals surface area contributed by atoms with Crippen LogP contribution < -0.4 is 5.32 Å². The smallest absolute Gasteiger partial charge is 0.317 e. The highest BCUT2D eigenvalue weighted by Gasteiger charge is 2.31. The maximum Gasteiger partial charge on any atom is 0.317 e. The highest BCUT2D eigenvalue weighted by Crippen LogP contribution is 2.19. The number of rotatable bonds is 4. The lowest BCUT2D eigenvalue weighted by molar-refractivity contribution is 0.0821. The summed E-state index contributed by atoms with van der Waals surface area (Å²) in [7, 11) is -3.68. The molecule has 0 radical (unpaired) electrons. The lowest BCUT2D eigenvalue weighted by Crippen LogP contribution is -2.55. The third-order valence-electron chi connectivity index (χ3n) is 4.85. The molecule has 0 aromatic heterocycles. The minimum atomic E-state index is -3.68.